The molecule has 0 spiro atoms. The van der Waals surface area contributed by atoms with Crippen molar-refractivity contribution in [2.45, 2.75) is 19.9 Å². The Morgan fingerprint density at radius 2 is 2.00 bits per heavy atom. The van der Waals surface area contributed by atoms with E-state index < -0.39 is 11.9 Å². The second-order valence-corrected chi connectivity index (χ2v) is 7.28. The molecule has 0 saturated heterocycles. The molecule has 0 fully saturated rings. The number of nitrogens with one attached hydrogen (secondary N) is 2. The topological polar surface area (TPSA) is 98.4 Å². The van der Waals surface area contributed by atoms with E-state index in [0.717, 1.165) is 24.2 Å². The lowest BCUT2D eigenvalue weighted by Gasteiger charge is -2.11. The van der Waals surface area contributed by atoms with E-state index in [0.29, 0.717) is 28.8 Å². The summed E-state index contributed by atoms with van der Waals surface area (Å²) in [7, 11) is 1.32. The van der Waals surface area contributed by atoms with Crippen LogP contribution in [0, 0.1) is 0 Å². The predicted molar refractivity (Wildman–Crippen MR) is 122 cm³/mol. The minimum Gasteiger partial charge on any atom is -0.472 e. The number of benzene rings is 1. The summed E-state index contributed by atoms with van der Waals surface area (Å²) >= 11 is 0. The number of furan rings is 1. The molecule has 0 atom stereocenters. The highest BCUT2D eigenvalue weighted by molar-refractivity contribution is 6.14. The van der Waals surface area contributed by atoms with Crippen molar-refractivity contribution < 1.29 is 18.7 Å². The number of carbonyl (C=O) groups excluding carboxylic acids is 2. The monoisotopic (exact) mass is 432 g/mol. The molecule has 1 aromatic carbocycles. The van der Waals surface area contributed by atoms with E-state index in [9.17, 15) is 9.59 Å². The zero-order valence-electron chi connectivity index (χ0n) is 17.9. The van der Waals surface area contributed by atoms with Crippen LogP contribution in [-0.2, 0) is 11.3 Å². The van der Waals surface area contributed by atoms with Gasteiger partial charge in [0.1, 0.15) is 11.9 Å². The Hall–Kier alpha value is -4.07. The summed E-state index contributed by atoms with van der Waals surface area (Å²) in [5.41, 5.74) is 3.27. The van der Waals surface area contributed by atoms with E-state index in [2.05, 4.69) is 22.5 Å². The fourth-order valence-corrected chi connectivity index (χ4v) is 3.53. The summed E-state index contributed by atoms with van der Waals surface area (Å²) in [6.07, 6.45) is 5.44. The van der Waals surface area contributed by atoms with Gasteiger partial charge in [-0.1, -0.05) is 37.3 Å². The molecule has 2 N–H and O–H groups in total. The van der Waals surface area contributed by atoms with Crippen LogP contribution >= 0.6 is 0 Å². The van der Waals surface area contributed by atoms with E-state index in [1.165, 1.54) is 19.6 Å². The molecule has 32 heavy (non-hydrogen) atoms. The van der Waals surface area contributed by atoms with Crippen LogP contribution in [0.25, 0.3) is 11.0 Å². The van der Waals surface area contributed by atoms with Gasteiger partial charge in [-0.05, 0) is 24.1 Å². The van der Waals surface area contributed by atoms with Gasteiger partial charge in [-0.3, -0.25) is 4.79 Å². The van der Waals surface area contributed by atoms with Crippen molar-refractivity contribution in [3.8, 4) is 0 Å². The molecule has 0 saturated carbocycles. The molecule has 4 aromatic rings. The average Bonchev–Trinajstić information content (AvgIpc) is 3.45. The first-order chi connectivity index (χ1) is 15.6. The van der Waals surface area contributed by atoms with Crippen LogP contribution in [0.3, 0.4) is 0 Å². The maximum Gasteiger partial charge on any atom is 0.356 e. The molecular weight excluding hydrogens is 408 g/mol. The van der Waals surface area contributed by atoms with Crippen LogP contribution in [0.1, 0.15) is 39.8 Å². The molecule has 0 aliphatic rings. The van der Waals surface area contributed by atoms with Crippen molar-refractivity contribution in [2.24, 2.45) is 0 Å². The quantitative estimate of drug-likeness (QED) is 0.397. The fraction of sp³-hybridized carbons (Fsp3) is 0.208. The lowest BCUT2D eigenvalue weighted by molar-refractivity contribution is 0.0591. The number of aromatic nitrogens is 2. The number of ether oxygens (including phenoxy) is 1. The van der Waals surface area contributed by atoms with Crippen LogP contribution < -0.4 is 10.6 Å². The highest BCUT2D eigenvalue weighted by Gasteiger charge is 2.26. The van der Waals surface area contributed by atoms with E-state index in [-0.39, 0.29) is 5.69 Å². The Balaban J connectivity index is 1.89. The van der Waals surface area contributed by atoms with E-state index in [4.69, 9.17) is 9.15 Å². The van der Waals surface area contributed by atoms with Crippen LogP contribution in [0.2, 0.25) is 0 Å². The summed E-state index contributed by atoms with van der Waals surface area (Å²) in [5.74, 6) is -0.959. The number of rotatable bonds is 8. The summed E-state index contributed by atoms with van der Waals surface area (Å²) in [5, 5.41) is 6.81. The Morgan fingerprint density at radius 1 is 1.19 bits per heavy atom. The number of fused-ring (bicyclic) bond motifs is 1. The van der Waals surface area contributed by atoms with Gasteiger partial charge in [0.05, 0.1) is 36.5 Å². The van der Waals surface area contributed by atoms with E-state index in [1.54, 1.807) is 16.8 Å². The smallest absolute Gasteiger partial charge is 0.356 e. The van der Waals surface area contributed by atoms with Crippen molar-refractivity contribution in [2.75, 3.05) is 24.3 Å². The first-order valence-electron chi connectivity index (χ1n) is 10.3. The molecule has 1 amide bonds. The van der Waals surface area contributed by atoms with Gasteiger partial charge in [0.2, 0.25) is 0 Å². The summed E-state index contributed by atoms with van der Waals surface area (Å²) < 4.78 is 11.9. The lowest BCUT2D eigenvalue weighted by Crippen LogP contribution is -2.17. The molecule has 0 aliphatic carbocycles. The zero-order chi connectivity index (χ0) is 22.5. The van der Waals surface area contributed by atoms with Crippen LogP contribution in [0.15, 0.2) is 65.6 Å². The van der Waals surface area contributed by atoms with Gasteiger partial charge in [0.15, 0.2) is 5.69 Å². The SMILES string of the molecule is CCCNc1cnc2c(c1)c(NC(=O)c1ccoc1)c(C(=O)OC)n2Cc1ccccc1. The Bertz CT molecular complexity index is 1230. The molecule has 0 bridgehead atoms. The van der Waals surface area contributed by atoms with Crippen molar-refractivity contribution in [1.82, 2.24) is 9.55 Å². The summed E-state index contributed by atoms with van der Waals surface area (Å²) in [6.45, 7) is 3.23. The van der Waals surface area contributed by atoms with Crippen LogP contribution in [-0.4, -0.2) is 35.1 Å². The third kappa shape index (κ3) is 4.20. The van der Waals surface area contributed by atoms with Gasteiger partial charge >= 0.3 is 5.97 Å². The fourth-order valence-electron chi connectivity index (χ4n) is 3.53. The number of pyridine rings is 1. The van der Waals surface area contributed by atoms with Crippen molar-refractivity contribution in [3.63, 3.8) is 0 Å². The molecule has 0 radical (unpaired) electrons. The third-order valence-corrected chi connectivity index (χ3v) is 5.06. The number of anilines is 2. The molecule has 164 valence electrons. The van der Waals surface area contributed by atoms with Gasteiger partial charge in [0, 0.05) is 18.5 Å². The maximum absolute atomic E-state index is 12.9. The maximum atomic E-state index is 12.9. The first kappa shape index (κ1) is 21.2. The number of nitrogens with zero attached hydrogens (tertiary/aromatic N) is 2. The minimum absolute atomic E-state index is 0.225. The second kappa shape index (κ2) is 9.38. The van der Waals surface area contributed by atoms with E-state index >= 15 is 0 Å². The highest BCUT2D eigenvalue weighted by Crippen LogP contribution is 2.33. The van der Waals surface area contributed by atoms with E-state index in [1.807, 2.05) is 36.4 Å². The van der Waals surface area contributed by atoms with Gasteiger partial charge < -0.3 is 24.4 Å². The number of carbonyl (C=O) groups is 2. The average molecular weight is 432 g/mol. The molecule has 4 rings (SSSR count). The Kier molecular flexibility index (Phi) is 6.21. The first-order valence-corrected chi connectivity index (χ1v) is 10.3. The van der Waals surface area contributed by atoms with Gasteiger partial charge in [-0.15, -0.1) is 0 Å². The molecule has 0 aliphatic heterocycles. The van der Waals surface area contributed by atoms with Crippen LogP contribution in [0.4, 0.5) is 11.4 Å². The molecule has 8 heteroatoms. The number of methoxy groups -OCH3 is 1. The molecule has 3 heterocycles. The van der Waals surface area contributed by atoms with Gasteiger partial charge in [-0.2, -0.15) is 0 Å². The molecule has 8 nitrogen and oxygen atoms in total. The van der Waals surface area contributed by atoms with Crippen molar-refractivity contribution >= 4 is 34.3 Å². The number of esters is 1. The Morgan fingerprint density at radius 3 is 2.69 bits per heavy atom. The summed E-state index contributed by atoms with van der Waals surface area (Å²) in [6, 6.07) is 13.2. The molecule has 3 aromatic heterocycles. The highest BCUT2D eigenvalue weighted by atomic mass is 16.5. The number of hydrogen-bond acceptors (Lipinski definition) is 6. The van der Waals surface area contributed by atoms with Crippen molar-refractivity contribution in [3.05, 3.63) is 78.0 Å². The number of amides is 1. The van der Waals surface area contributed by atoms with Crippen molar-refractivity contribution in [1.29, 1.82) is 0 Å². The van der Waals surface area contributed by atoms with Gasteiger partial charge in [0.25, 0.3) is 5.91 Å². The zero-order valence-corrected chi connectivity index (χ0v) is 17.9. The number of hydrogen-bond donors (Lipinski definition) is 2. The molecule has 0 unspecified atom stereocenters. The predicted octanol–water partition coefficient (Wildman–Crippen LogP) is 4.54. The standard InChI is InChI=1S/C24H24N4O4/c1-3-10-25-18-12-19-20(27-23(29)17-9-11-32-15-17)21(24(30)31-2)28(22(19)26-13-18)14-16-7-5-4-6-8-16/h4-9,11-13,15,25H,3,10,14H2,1-2H3,(H,27,29). The van der Waals surface area contributed by atoms with Crippen LogP contribution in [0.5, 0.6) is 0 Å². The Labute approximate surface area is 185 Å². The molecular formula is C24H24N4O4. The minimum atomic E-state index is -0.565. The normalized spacial score (nSPS) is 10.8. The third-order valence-electron chi connectivity index (χ3n) is 5.06. The lowest BCUT2D eigenvalue weighted by atomic mass is 10.2. The summed E-state index contributed by atoms with van der Waals surface area (Å²) in [4.78, 5) is 30.3. The van der Waals surface area contributed by atoms with Gasteiger partial charge in [-0.25, -0.2) is 9.78 Å². The second-order valence-electron chi connectivity index (χ2n) is 7.28. The largest absolute Gasteiger partial charge is 0.472 e.